The Kier molecular flexibility index (Phi) is 4.35. The van der Waals surface area contributed by atoms with Crippen molar-refractivity contribution in [2.75, 3.05) is 6.54 Å². The molecule has 0 bridgehead atoms. The van der Waals surface area contributed by atoms with Crippen molar-refractivity contribution in [3.05, 3.63) is 15.8 Å². The molecule has 0 aromatic carbocycles. The Morgan fingerprint density at radius 3 is 2.53 bits per heavy atom. The molecule has 0 unspecified atom stereocenters. The second-order valence-electron chi connectivity index (χ2n) is 5.40. The highest BCUT2D eigenvalue weighted by Crippen LogP contribution is 2.34. The van der Waals surface area contributed by atoms with Gasteiger partial charge in [0.1, 0.15) is 0 Å². The normalized spacial score (nSPS) is 16.5. The van der Waals surface area contributed by atoms with Gasteiger partial charge in [-0.3, -0.25) is 0 Å². The Bertz CT molecular complexity index is 544. The van der Waals surface area contributed by atoms with Gasteiger partial charge in [-0.2, -0.15) is 4.31 Å². The van der Waals surface area contributed by atoms with Crippen molar-refractivity contribution in [3.63, 3.8) is 0 Å². The molecular weight excluding hydrogens is 282 g/mol. The van der Waals surface area contributed by atoms with Gasteiger partial charge in [0.05, 0.1) is 11.5 Å². The summed E-state index contributed by atoms with van der Waals surface area (Å²) in [5.74, 6) is 0.522. The number of rotatable bonds is 6. The first-order valence-electron chi connectivity index (χ1n) is 6.58. The van der Waals surface area contributed by atoms with E-state index in [9.17, 15) is 8.42 Å². The third-order valence-corrected chi connectivity index (χ3v) is 6.71. The van der Waals surface area contributed by atoms with Gasteiger partial charge in [0.15, 0.2) is 0 Å². The van der Waals surface area contributed by atoms with Crippen LogP contribution in [0.3, 0.4) is 0 Å². The topological polar surface area (TPSA) is 57.6 Å². The molecular formula is C13H21NO3S2. The Hall–Kier alpha value is -0.430. The van der Waals surface area contributed by atoms with E-state index in [0.717, 1.165) is 17.7 Å². The van der Waals surface area contributed by atoms with Crippen molar-refractivity contribution < 1.29 is 13.5 Å². The van der Waals surface area contributed by atoms with E-state index >= 15 is 0 Å². The van der Waals surface area contributed by atoms with Gasteiger partial charge in [0.25, 0.3) is 0 Å². The summed E-state index contributed by atoms with van der Waals surface area (Å²) in [7, 11) is -3.44. The highest BCUT2D eigenvalue weighted by molar-refractivity contribution is 7.89. The maximum absolute atomic E-state index is 12.7. The Morgan fingerprint density at radius 2 is 2.11 bits per heavy atom. The van der Waals surface area contributed by atoms with Crippen molar-refractivity contribution in [2.24, 2.45) is 5.92 Å². The molecule has 1 fully saturated rings. The van der Waals surface area contributed by atoms with Crippen molar-refractivity contribution in [1.29, 1.82) is 0 Å². The quantitative estimate of drug-likeness (QED) is 0.877. The monoisotopic (exact) mass is 303 g/mol. The predicted octanol–water partition coefficient (Wildman–Crippen LogP) is 2.36. The number of aliphatic hydroxyl groups is 1. The first kappa shape index (κ1) is 15.0. The fourth-order valence-corrected chi connectivity index (χ4v) is 5.30. The number of hydrogen-bond acceptors (Lipinski definition) is 4. The van der Waals surface area contributed by atoms with E-state index in [1.54, 1.807) is 17.3 Å². The summed E-state index contributed by atoms with van der Waals surface area (Å²) >= 11 is 1.35. The molecule has 1 saturated carbocycles. The average molecular weight is 303 g/mol. The Labute approximate surface area is 119 Å². The molecule has 0 aliphatic heterocycles. The van der Waals surface area contributed by atoms with Crippen molar-refractivity contribution in [3.8, 4) is 0 Å². The zero-order chi connectivity index (χ0) is 14.2. The second-order valence-corrected chi connectivity index (χ2v) is 8.60. The molecule has 19 heavy (non-hydrogen) atoms. The number of nitrogens with zero attached hydrogens (tertiary/aromatic N) is 1. The average Bonchev–Trinajstić information content (AvgIpc) is 3.07. The molecule has 1 aromatic heterocycles. The van der Waals surface area contributed by atoms with Gasteiger partial charge in [-0.1, -0.05) is 0 Å². The maximum Gasteiger partial charge on any atom is 0.244 e. The summed E-state index contributed by atoms with van der Waals surface area (Å²) in [5.41, 5.74) is 0. The van der Waals surface area contributed by atoms with Gasteiger partial charge in [0, 0.05) is 22.3 Å². The molecule has 0 saturated heterocycles. The first-order valence-corrected chi connectivity index (χ1v) is 8.84. The number of hydrogen-bond donors (Lipinski definition) is 1. The molecule has 1 aliphatic rings. The van der Waals surface area contributed by atoms with Crippen molar-refractivity contribution in [1.82, 2.24) is 4.31 Å². The van der Waals surface area contributed by atoms with E-state index in [0.29, 0.717) is 22.2 Å². The lowest BCUT2D eigenvalue weighted by molar-refractivity contribution is 0.285. The summed E-state index contributed by atoms with van der Waals surface area (Å²) in [6.07, 6.45) is 2.26. The molecule has 0 amide bonds. The van der Waals surface area contributed by atoms with Gasteiger partial charge in [-0.25, -0.2) is 8.42 Å². The molecule has 4 nitrogen and oxygen atoms in total. The van der Waals surface area contributed by atoms with E-state index in [-0.39, 0.29) is 12.6 Å². The Morgan fingerprint density at radius 1 is 1.47 bits per heavy atom. The van der Waals surface area contributed by atoms with Crippen LogP contribution in [-0.2, 0) is 16.6 Å². The molecule has 1 aliphatic carbocycles. The third-order valence-electron chi connectivity index (χ3n) is 3.38. The summed E-state index contributed by atoms with van der Waals surface area (Å²) in [4.78, 5) is 1.81. The second kappa shape index (κ2) is 5.52. The van der Waals surface area contributed by atoms with Crippen LogP contribution in [0.4, 0.5) is 0 Å². The molecule has 1 heterocycles. The van der Waals surface area contributed by atoms with E-state index in [4.69, 9.17) is 5.11 Å². The van der Waals surface area contributed by atoms with Crippen LogP contribution in [-0.4, -0.2) is 30.4 Å². The summed E-state index contributed by atoms with van der Waals surface area (Å²) < 4.78 is 27.1. The van der Waals surface area contributed by atoms with Gasteiger partial charge < -0.3 is 5.11 Å². The van der Waals surface area contributed by atoms with Crippen molar-refractivity contribution in [2.45, 2.75) is 51.2 Å². The molecule has 0 spiro atoms. The Balaban J connectivity index is 2.34. The van der Waals surface area contributed by atoms with Gasteiger partial charge in [0.2, 0.25) is 10.0 Å². The molecule has 6 heteroatoms. The van der Waals surface area contributed by atoms with Crippen LogP contribution >= 0.6 is 11.3 Å². The highest BCUT2D eigenvalue weighted by Gasteiger charge is 2.34. The van der Waals surface area contributed by atoms with Crippen LogP contribution in [0.5, 0.6) is 0 Å². The fourth-order valence-electron chi connectivity index (χ4n) is 2.13. The third kappa shape index (κ3) is 3.18. The number of aliphatic hydroxyl groups excluding tert-OH is 1. The van der Waals surface area contributed by atoms with Crippen LogP contribution in [0.15, 0.2) is 11.0 Å². The summed E-state index contributed by atoms with van der Waals surface area (Å²) in [5, 5.41) is 9.15. The minimum absolute atomic E-state index is 0.0394. The molecule has 2 rings (SSSR count). The first-order chi connectivity index (χ1) is 8.86. The van der Waals surface area contributed by atoms with Crippen LogP contribution in [0, 0.1) is 12.8 Å². The minimum Gasteiger partial charge on any atom is -0.391 e. The molecule has 108 valence electrons. The number of thiophene rings is 1. The zero-order valence-corrected chi connectivity index (χ0v) is 13.2. The number of aryl methyl sites for hydroxylation is 1. The minimum atomic E-state index is -3.44. The molecule has 0 atom stereocenters. The summed E-state index contributed by atoms with van der Waals surface area (Å²) in [6.45, 7) is 6.13. The van der Waals surface area contributed by atoms with E-state index in [1.807, 2.05) is 13.8 Å². The van der Waals surface area contributed by atoms with Gasteiger partial charge >= 0.3 is 0 Å². The molecule has 1 aromatic rings. The number of sulfonamides is 1. The van der Waals surface area contributed by atoms with Gasteiger partial charge in [-0.05, 0) is 45.6 Å². The van der Waals surface area contributed by atoms with E-state index in [2.05, 4.69) is 0 Å². The van der Waals surface area contributed by atoms with Crippen LogP contribution in [0.1, 0.15) is 36.4 Å². The molecule has 1 N–H and O–H groups in total. The predicted molar refractivity (Wildman–Crippen MR) is 76.7 cm³/mol. The van der Waals surface area contributed by atoms with E-state index < -0.39 is 10.0 Å². The van der Waals surface area contributed by atoms with Crippen LogP contribution in [0.25, 0.3) is 0 Å². The largest absolute Gasteiger partial charge is 0.391 e. The smallest absolute Gasteiger partial charge is 0.244 e. The van der Waals surface area contributed by atoms with E-state index in [1.165, 1.54) is 11.3 Å². The highest BCUT2D eigenvalue weighted by atomic mass is 32.2. The lowest BCUT2D eigenvalue weighted by Gasteiger charge is -2.25. The lowest BCUT2D eigenvalue weighted by atomic mass is 10.3. The van der Waals surface area contributed by atoms with Gasteiger partial charge in [-0.15, -0.1) is 11.3 Å². The summed E-state index contributed by atoms with van der Waals surface area (Å²) in [6, 6.07) is 1.57. The van der Waals surface area contributed by atoms with Crippen LogP contribution in [0.2, 0.25) is 0 Å². The lowest BCUT2D eigenvalue weighted by Crippen LogP contribution is -2.38. The molecule has 0 radical (unpaired) electrons. The van der Waals surface area contributed by atoms with Crippen LogP contribution < -0.4 is 0 Å². The standard InChI is InChI=1S/C13H21NO3S2/c1-9(2)14(7-11-4-5-11)19(16,17)13-6-12(8-15)18-10(13)3/h6,9,11,15H,4-5,7-8H2,1-3H3. The maximum atomic E-state index is 12.7. The van der Waals surface area contributed by atoms with Crippen molar-refractivity contribution >= 4 is 21.4 Å². The SMILES string of the molecule is Cc1sc(CO)cc1S(=O)(=O)N(CC1CC1)C(C)C. The fraction of sp³-hybridized carbons (Fsp3) is 0.692. The zero-order valence-electron chi connectivity index (χ0n) is 11.6.